The van der Waals surface area contributed by atoms with Gasteiger partial charge in [-0.05, 0) is 18.6 Å². The molecule has 21 heavy (non-hydrogen) atoms. The molecule has 5 nitrogen and oxygen atoms in total. The molecule has 0 saturated heterocycles. The second-order valence-electron chi connectivity index (χ2n) is 4.75. The van der Waals surface area contributed by atoms with Crippen LogP contribution in [-0.4, -0.2) is 27.4 Å². The Balaban J connectivity index is 2.53. The molecule has 1 rings (SSSR count). The van der Waals surface area contributed by atoms with Crippen LogP contribution >= 0.6 is 11.6 Å². The van der Waals surface area contributed by atoms with Crippen molar-refractivity contribution in [3.8, 4) is 0 Å². The molecule has 0 aromatic heterocycles. The quantitative estimate of drug-likeness (QED) is 0.747. The lowest BCUT2D eigenvalue weighted by Crippen LogP contribution is -2.32. The zero-order chi connectivity index (χ0) is 16.0. The summed E-state index contributed by atoms with van der Waals surface area (Å²) in [6, 6.07) is 3.67. The Hall–Kier alpha value is -1.18. The fourth-order valence-corrected chi connectivity index (χ4v) is 3.20. The number of carbonyl (C=O) groups excluding carboxylic acids is 1. The first kappa shape index (κ1) is 17.9. The number of rotatable bonds is 7. The molecular weight excluding hydrogens is 319 g/mol. The maximum atomic E-state index is 13.6. The van der Waals surface area contributed by atoms with Crippen LogP contribution in [0, 0.1) is 11.7 Å². The van der Waals surface area contributed by atoms with Crippen molar-refractivity contribution in [1.29, 1.82) is 0 Å². The smallest absolute Gasteiger partial charge is 0.244 e. The molecule has 8 heteroatoms. The van der Waals surface area contributed by atoms with Crippen LogP contribution in [0.25, 0.3) is 0 Å². The molecule has 1 amide bonds. The molecule has 1 aromatic carbocycles. The van der Waals surface area contributed by atoms with Gasteiger partial charge in [0.1, 0.15) is 10.7 Å². The van der Waals surface area contributed by atoms with Crippen LogP contribution in [0.2, 0.25) is 5.02 Å². The number of benzene rings is 1. The summed E-state index contributed by atoms with van der Waals surface area (Å²) in [7, 11) is -4.01. The van der Waals surface area contributed by atoms with Crippen LogP contribution in [0.1, 0.15) is 20.3 Å². The lowest BCUT2D eigenvalue weighted by Gasteiger charge is -2.10. The van der Waals surface area contributed by atoms with E-state index >= 15 is 0 Å². The van der Waals surface area contributed by atoms with E-state index < -0.39 is 20.7 Å². The molecule has 2 N–H and O–H groups in total. The molecule has 0 fully saturated rings. The minimum atomic E-state index is -4.01. The normalized spacial score (nSPS) is 11.7. The van der Waals surface area contributed by atoms with Crippen molar-refractivity contribution in [2.45, 2.75) is 25.2 Å². The summed E-state index contributed by atoms with van der Waals surface area (Å²) in [5, 5.41) is 2.49. The summed E-state index contributed by atoms with van der Waals surface area (Å²) < 4.78 is 39.7. The fraction of sp³-hybridized carbons (Fsp3) is 0.462. The lowest BCUT2D eigenvalue weighted by atomic mass is 10.2. The summed E-state index contributed by atoms with van der Waals surface area (Å²) in [4.78, 5) is 10.7. The third-order valence-corrected chi connectivity index (χ3v) is 4.62. The average molecular weight is 337 g/mol. The second-order valence-corrected chi connectivity index (χ2v) is 6.86. The predicted octanol–water partition coefficient (Wildman–Crippen LogP) is 1.92. The van der Waals surface area contributed by atoms with Gasteiger partial charge in [-0.1, -0.05) is 31.5 Å². The van der Waals surface area contributed by atoms with Crippen molar-refractivity contribution in [1.82, 2.24) is 10.0 Å². The third kappa shape index (κ3) is 5.26. The molecular formula is C13H18ClFN2O3S. The van der Waals surface area contributed by atoms with E-state index in [0.29, 0.717) is 13.0 Å². The first-order valence-corrected chi connectivity index (χ1v) is 8.33. The molecule has 0 atom stereocenters. The minimum Gasteiger partial charge on any atom is -0.356 e. The molecule has 0 spiro atoms. The van der Waals surface area contributed by atoms with Crippen LogP contribution in [0.15, 0.2) is 23.1 Å². The van der Waals surface area contributed by atoms with E-state index in [2.05, 4.69) is 10.0 Å². The Kier molecular flexibility index (Phi) is 6.57. The molecule has 118 valence electrons. The monoisotopic (exact) mass is 336 g/mol. The van der Waals surface area contributed by atoms with Gasteiger partial charge in [-0.2, -0.15) is 0 Å². The van der Waals surface area contributed by atoms with E-state index in [4.69, 9.17) is 11.6 Å². The van der Waals surface area contributed by atoms with E-state index in [9.17, 15) is 17.6 Å². The molecule has 0 aliphatic heterocycles. The zero-order valence-electron chi connectivity index (χ0n) is 11.8. The minimum absolute atomic E-state index is 0.0748. The largest absolute Gasteiger partial charge is 0.356 e. The number of sulfonamides is 1. The number of hydrogen-bond donors (Lipinski definition) is 2. The van der Waals surface area contributed by atoms with Gasteiger partial charge in [-0.25, -0.2) is 17.5 Å². The highest BCUT2D eigenvalue weighted by Crippen LogP contribution is 2.23. The molecule has 0 aliphatic carbocycles. The molecule has 0 aliphatic rings. The Morgan fingerprint density at radius 1 is 1.33 bits per heavy atom. The van der Waals surface area contributed by atoms with Crippen molar-refractivity contribution < 1.29 is 17.6 Å². The summed E-state index contributed by atoms with van der Waals surface area (Å²) in [5.74, 6) is -1.13. The maximum Gasteiger partial charge on any atom is 0.244 e. The highest BCUT2D eigenvalue weighted by molar-refractivity contribution is 7.89. The predicted molar refractivity (Wildman–Crippen MR) is 79.1 cm³/mol. The Bertz CT molecular complexity index is 585. The van der Waals surface area contributed by atoms with Gasteiger partial charge < -0.3 is 5.32 Å². The van der Waals surface area contributed by atoms with E-state index in [0.717, 1.165) is 6.07 Å². The van der Waals surface area contributed by atoms with Gasteiger partial charge >= 0.3 is 0 Å². The Morgan fingerprint density at radius 2 is 2.00 bits per heavy atom. The van der Waals surface area contributed by atoms with Crippen LogP contribution in [0.3, 0.4) is 0 Å². The first-order valence-electron chi connectivity index (χ1n) is 6.47. The highest BCUT2D eigenvalue weighted by atomic mass is 35.5. The number of amides is 1. The molecule has 0 radical (unpaired) electrons. The summed E-state index contributed by atoms with van der Waals surface area (Å²) in [5.41, 5.74) is 0. The summed E-state index contributed by atoms with van der Waals surface area (Å²) >= 11 is 5.71. The number of nitrogens with one attached hydrogen (secondary N) is 2. The van der Waals surface area contributed by atoms with Gasteiger partial charge in [0.2, 0.25) is 15.9 Å². The number of carbonyl (C=O) groups is 1. The Morgan fingerprint density at radius 3 is 2.57 bits per heavy atom. The van der Waals surface area contributed by atoms with Gasteiger partial charge in [0.15, 0.2) is 0 Å². The van der Waals surface area contributed by atoms with Crippen LogP contribution in [0.5, 0.6) is 0 Å². The lowest BCUT2D eigenvalue weighted by molar-refractivity contribution is -0.123. The highest BCUT2D eigenvalue weighted by Gasteiger charge is 2.21. The third-order valence-electron chi connectivity index (χ3n) is 2.66. The van der Waals surface area contributed by atoms with Crippen molar-refractivity contribution in [2.24, 2.45) is 5.92 Å². The zero-order valence-corrected chi connectivity index (χ0v) is 13.4. The molecule has 0 unspecified atom stereocenters. The van der Waals surface area contributed by atoms with E-state index in [1.807, 2.05) is 0 Å². The van der Waals surface area contributed by atoms with E-state index in [-0.39, 0.29) is 23.4 Å². The van der Waals surface area contributed by atoms with Crippen LogP contribution in [-0.2, 0) is 14.8 Å². The topological polar surface area (TPSA) is 75.3 Å². The SMILES string of the molecule is CC(C)C(=O)NCCCNS(=O)(=O)c1c(F)cccc1Cl. The van der Waals surface area contributed by atoms with Crippen LogP contribution < -0.4 is 10.0 Å². The van der Waals surface area contributed by atoms with E-state index in [1.54, 1.807) is 13.8 Å². The average Bonchev–Trinajstić information content (AvgIpc) is 2.37. The summed E-state index contributed by atoms with van der Waals surface area (Å²) in [6.45, 7) is 3.94. The molecule has 0 heterocycles. The van der Waals surface area contributed by atoms with Gasteiger partial charge in [-0.3, -0.25) is 4.79 Å². The van der Waals surface area contributed by atoms with Gasteiger partial charge in [0, 0.05) is 19.0 Å². The van der Waals surface area contributed by atoms with Gasteiger partial charge in [0.25, 0.3) is 0 Å². The van der Waals surface area contributed by atoms with Crippen molar-refractivity contribution in [3.63, 3.8) is 0 Å². The van der Waals surface area contributed by atoms with Gasteiger partial charge in [-0.15, -0.1) is 0 Å². The van der Waals surface area contributed by atoms with E-state index in [1.165, 1.54) is 12.1 Å². The molecule has 0 bridgehead atoms. The van der Waals surface area contributed by atoms with Crippen LogP contribution in [0.4, 0.5) is 4.39 Å². The van der Waals surface area contributed by atoms with Crippen molar-refractivity contribution in [2.75, 3.05) is 13.1 Å². The molecule has 1 aromatic rings. The van der Waals surface area contributed by atoms with Gasteiger partial charge in [0.05, 0.1) is 5.02 Å². The maximum absolute atomic E-state index is 13.6. The molecule has 0 saturated carbocycles. The summed E-state index contributed by atoms with van der Waals surface area (Å²) in [6.07, 6.45) is 0.393. The number of hydrogen-bond acceptors (Lipinski definition) is 3. The van der Waals surface area contributed by atoms with Crippen molar-refractivity contribution >= 4 is 27.5 Å². The van der Waals surface area contributed by atoms with Crippen molar-refractivity contribution in [3.05, 3.63) is 29.0 Å². The second kappa shape index (κ2) is 7.72. The number of halogens is 2. The Labute approximate surface area is 128 Å². The standard InChI is InChI=1S/C13H18ClFN2O3S/c1-9(2)13(18)16-7-4-8-17-21(19,20)12-10(14)5-3-6-11(12)15/h3,5-6,9,17H,4,7-8H2,1-2H3,(H,16,18). The first-order chi connectivity index (χ1) is 9.75. The fourth-order valence-electron chi connectivity index (χ4n) is 1.52.